The maximum atomic E-state index is 11.9. The highest BCUT2D eigenvalue weighted by atomic mass is 16.5. The van der Waals surface area contributed by atoms with Gasteiger partial charge < -0.3 is 19.6 Å². The Morgan fingerprint density at radius 2 is 1.91 bits per heavy atom. The highest BCUT2D eigenvalue weighted by molar-refractivity contribution is 5.96. The highest BCUT2D eigenvalue weighted by Crippen LogP contribution is 2.15. The predicted molar refractivity (Wildman–Crippen MR) is 78.4 cm³/mol. The van der Waals surface area contributed by atoms with Crippen molar-refractivity contribution in [2.75, 3.05) is 13.7 Å². The molecule has 0 saturated heterocycles. The van der Waals surface area contributed by atoms with Gasteiger partial charge in [0.1, 0.15) is 11.9 Å². The van der Waals surface area contributed by atoms with Crippen LogP contribution >= 0.6 is 0 Å². The Morgan fingerprint density at radius 3 is 2.50 bits per heavy atom. The molecule has 22 heavy (non-hydrogen) atoms. The second kappa shape index (κ2) is 7.42. The molecule has 2 rings (SSSR count). The fourth-order valence-electron chi connectivity index (χ4n) is 1.92. The summed E-state index contributed by atoms with van der Waals surface area (Å²) in [5.41, 5.74) is 0.812. The van der Waals surface area contributed by atoms with Crippen LogP contribution in [0.1, 0.15) is 39.0 Å². The molecule has 1 aromatic carbocycles. The number of nitrogens with one attached hydrogen (secondary N) is 1. The standard InChI is InChI=1S/C16H17NO5/c1-21-16(20)12-6-4-11(5-7-12)15(19)17-9-8-13(18)14-3-2-10-22-14/h2-7,10,13,18H,8-9H2,1H3,(H,17,19). The van der Waals surface area contributed by atoms with E-state index < -0.39 is 12.1 Å². The Kier molecular flexibility index (Phi) is 5.32. The molecule has 0 aliphatic carbocycles. The van der Waals surface area contributed by atoms with Crippen LogP contribution in [0.25, 0.3) is 0 Å². The number of hydrogen-bond acceptors (Lipinski definition) is 5. The molecule has 1 unspecified atom stereocenters. The van der Waals surface area contributed by atoms with E-state index in [1.807, 2.05) is 0 Å². The molecule has 0 radical (unpaired) electrons. The summed E-state index contributed by atoms with van der Waals surface area (Å²) in [5, 5.41) is 12.5. The lowest BCUT2D eigenvalue weighted by molar-refractivity contribution is 0.0600. The van der Waals surface area contributed by atoms with Gasteiger partial charge in [-0.25, -0.2) is 4.79 Å². The lowest BCUT2D eigenvalue weighted by atomic mass is 10.1. The third-order valence-corrected chi connectivity index (χ3v) is 3.14. The summed E-state index contributed by atoms with van der Waals surface area (Å²) in [6.45, 7) is 0.305. The number of methoxy groups -OCH3 is 1. The molecular formula is C16H17NO5. The van der Waals surface area contributed by atoms with Crippen LogP contribution < -0.4 is 5.32 Å². The maximum absolute atomic E-state index is 11.9. The number of carbonyl (C=O) groups is 2. The third kappa shape index (κ3) is 3.95. The minimum absolute atomic E-state index is 0.275. The molecule has 0 aliphatic rings. The van der Waals surface area contributed by atoms with Crippen molar-refractivity contribution in [3.05, 3.63) is 59.5 Å². The van der Waals surface area contributed by atoms with Gasteiger partial charge in [-0.3, -0.25) is 4.79 Å². The third-order valence-electron chi connectivity index (χ3n) is 3.14. The van der Waals surface area contributed by atoms with E-state index in [1.165, 1.54) is 25.5 Å². The zero-order valence-electron chi connectivity index (χ0n) is 12.1. The van der Waals surface area contributed by atoms with Gasteiger partial charge in [0.25, 0.3) is 5.91 Å². The van der Waals surface area contributed by atoms with Crippen molar-refractivity contribution in [2.45, 2.75) is 12.5 Å². The fourth-order valence-corrected chi connectivity index (χ4v) is 1.92. The van der Waals surface area contributed by atoms with E-state index in [0.717, 1.165) is 0 Å². The van der Waals surface area contributed by atoms with Crippen LogP contribution in [0.5, 0.6) is 0 Å². The molecule has 1 aromatic heterocycles. The molecule has 0 aliphatic heterocycles. The number of carbonyl (C=O) groups excluding carboxylic acids is 2. The van der Waals surface area contributed by atoms with Crippen LogP contribution in [0.15, 0.2) is 47.1 Å². The minimum atomic E-state index is -0.753. The molecule has 6 heteroatoms. The summed E-state index contributed by atoms with van der Waals surface area (Å²) in [7, 11) is 1.30. The van der Waals surface area contributed by atoms with Crippen LogP contribution in [0.2, 0.25) is 0 Å². The molecule has 2 aromatic rings. The zero-order valence-corrected chi connectivity index (χ0v) is 12.1. The smallest absolute Gasteiger partial charge is 0.337 e. The maximum Gasteiger partial charge on any atom is 0.337 e. The van der Waals surface area contributed by atoms with Crippen LogP contribution in [-0.2, 0) is 4.74 Å². The lowest BCUT2D eigenvalue weighted by Crippen LogP contribution is -2.25. The van der Waals surface area contributed by atoms with Gasteiger partial charge in [-0.1, -0.05) is 0 Å². The minimum Gasteiger partial charge on any atom is -0.467 e. The summed E-state index contributed by atoms with van der Waals surface area (Å²) in [4.78, 5) is 23.2. The number of hydrogen-bond donors (Lipinski definition) is 2. The number of benzene rings is 1. The number of furan rings is 1. The molecule has 116 valence electrons. The molecule has 1 atom stereocenters. The number of aliphatic hydroxyl groups is 1. The van der Waals surface area contributed by atoms with Crippen molar-refractivity contribution in [3.8, 4) is 0 Å². The molecule has 0 fully saturated rings. The van der Waals surface area contributed by atoms with Crippen molar-refractivity contribution < 1.29 is 23.8 Å². The van der Waals surface area contributed by atoms with Gasteiger partial charge in [-0.2, -0.15) is 0 Å². The van der Waals surface area contributed by atoms with Crippen molar-refractivity contribution >= 4 is 11.9 Å². The Morgan fingerprint density at radius 1 is 1.23 bits per heavy atom. The number of aliphatic hydroxyl groups excluding tert-OH is 1. The number of esters is 1. The lowest BCUT2D eigenvalue weighted by Gasteiger charge is -2.09. The van der Waals surface area contributed by atoms with E-state index in [9.17, 15) is 14.7 Å². The summed E-state index contributed by atoms with van der Waals surface area (Å²) < 4.78 is 9.66. The van der Waals surface area contributed by atoms with Crippen molar-refractivity contribution in [3.63, 3.8) is 0 Å². The topological polar surface area (TPSA) is 88.8 Å². The summed E-state index contributed by atoms with van der Waals surface area (Å²) in [6.07, 6.45) is 1.08. The van der Waals surface area contributed by atoms with Crippen LogP contribution in [0, 0.1) is 0 Å². The quantitative estimate of drug-likeness (QED) is 0.796. The van der Waals surface area contributed by atoms with Crippen LogP contribution in [0.4, 0.5) is 0 Å². The molecule has 1 amide bonds. The molecule has 2 N–H and O–H groups in total. The zero-order chi connectivity index (χ0) is 15.9. The van der Waals surface area contributed by atoms with E-state index >= 15 is 0 Å². The second-order valence-corrected chi connectivity index (χ2v) is 4.64. The average molecular weight is 303 g/mol. The van der Waals surface area contributed by atoms with E-state index in [0.29, 0.717) is 29.9 Å². The van der Waals surface area contributed by atoms with E-state index in [-0.39, 0.29) is 5.91 Å². The van der Waals surface area contributed by atoms with Crippen LogP contribution in [0.3, 0.4) is 0 Å². The largest absolute Gasteiger partial charge is 0.467 e. The van der Waals surface area contributed by atoms with Gasteiger partial charge in [-0.15, -0.1) is 0 Å². The van der Waals surface area contributed by atoms with Crippen LogP contribution in [-0.4, -0.2) is 30.6 Å². The van der Waals surface area contributed by atoms with Crippen molar-refractivity contribution in [1.82, 2.24) is 5.32 Å². The number of amides is 1. The number of ether oxygens (including phenoxy) is 1. The normalized spacial score (nSPS) is 11.7. The van der Waals surface area contributed by atoms with E-state index in [1.54, 1.807) is 24.3 Å². The summed E-state index contributed by atoms with van der Waals surface area (Å²) in [6, 6.07) is 9.52. The van der Waals surface area contributed by atoms with Gasteiger partial charge in [0.2, 0.25) is 0 Å². The monoisotopic (exact) mass is 303 g/mol. The first-order valence-electron chi connectivity index (χ1n) is 6.80. The summed E-state index contributed by atoms with van der Waals surface area (Å²) >= 11 is 0. The fraction of sp³-hybridized carbons (Fsp3) is 0.250. The second-order valence-electron chi connectivity index (χ2n) is 4.64. The molecule has 6 nitrogen and oxygen atoms in total. The van der Waals surface area contributed by atoms with Gasteiger partial charge in [-0.05, 0) is 42.8 Å². The Bertz CT molecular complexity index is 618. The molecule has 0 spiro atoms. The first-order valence-corrected chi connectivity index (χ1v) is 6.80. The molecule has 0 bridgehead atoms. The van der Waals surface area contributed by atoms with Gasteiger partial charge in [0.15, 0.2) is 0 Å². The molecule has 1 heterocycles. The summed E-state index contributed by atoms with van der Waals surface area (Å²) in [5.74, 6) is -0.256. The first kappa shape index (κ1) is 15.8. The Hall–Kier alpha value is -2.60. The number of rotatable bonds is 6. The van der Waals surface area contributed by atoms with Gasteiger partial charge in [0.05, 0.1) is 18.9 Å². The van der Waals surface area contributed by atoms with E-state index in [4.69, 9.17) is 4.42 Å². The highest BCUT2D eigenvalue weighted by Gasteiger charge is 2.12. The van der Waals surface area contributed by atoms with Gasteiger partial charge >= 0.3 is 5.97 Å². The first-order chi connectivity index (χ1) is 10.6. The molecule has 0 saturated carbocycles. The van der Waals surface area contributed by atoms with E-state index in [2.05, 4.69) is 10.1 Å². The molecular weight excluding hydrogens is 286 g/mol. The van der Waals surface area contributed by atoms with Gasteiger partial charge in [0, 0.05) is 12.1 Å². The van der Waals surface area contributed by atoms with Crippen molar-refractivity contribution in [2.24, 2.45) is 0 Å². The Balaban J connectivity index is 1.83. The average Bonchev–Trinajstić information content (AvgIpc) is 3.08. The van der Waals surface area contributed by atoms with Crippen molar-refractivity contribution in [1.29, 1.82) is 0 Å². The predicted octanol–water partition coefficient (Wildman–Crippen LogP) is 1.92. The SMILES string of the molecule is COC(=O)c1ccc(C(=O)NCCC(O)c2ccco2)cc1. The Labute approximate surface area is 127 Å².